The Labute approximate surface area is 89.8 Å². The van der Waals surface area contributed by atoms with Crippen LogP contribution in [-0.2, 0) is 0 Å². The van der Waals surface area contributed by atoms with Crippen LogP contribution in [0.5, 0.6) is 5.75 Å². The van der Waals surface area contributed by atoms with E-state index in [0.29, 0.717) is 11.8 Å². The standard InChI is InChI=1S/C12H17NO2/c1-8(13-10-6-12(15)7-10)9-2-4-11(14)5-3-9/h2-5,8,10,12-15H,6-7H2,1H3. The van der Waals surface area contributed by atoms with E-state index in [9.17, 15) is 0 Å². The molecular weight excluding hydrogens is 190 g/mol. The molecule has 1 unspecified atom stereocenters. The van der Waals surface area contributed by atoms with Gasteiger partial charge in [0.15, 0.2) is 0 Å². The van der Waals surface area contributed by atoms with Gasteiger partial charge in [-0.15, -0.1) is 0 Å². The maximum Gasteiger partial charge on any atom is 0.115 e. The van der Waals surface area contributed by atoms with Crippen molar-refractivity contribution in [2.45, 2.75) is 38.0 Å². The Bertz CT molecular complexity index is 317. The Hall–Kier alpha value is -1.06. The van der Waals surface area contributed by atoms with E-state index >= 15 is 0 Å². The van der Waals surface area contributed by atoms with Gasteiger partial charge in [-0.1, -0.05) is 12.1 Å². The van der Waals surface area contributed by atoms with E-state index in [1.54, 1.807) is 12.1 Å². The molecule has 0 aliphatic heterocycles. The monoisotopic (exact) mass is 207 g/mol. The molecular formula is C12H17NO2. The molecule has 1 fully saturated rings. The second-order valence-corrected chi connectivity index (χ2v) is 4.30. The molecule has 3 heteroatoms. The molecule has 82 valence electrons. The van der Waals surface area contributed by atoms with Crippen molar-refractivity contribution >= 4 is 0 Å². The summed E-state index contributed by atoms with van der Waals surface area (Å²) in [6.07, 6.45) is 1.58. The SMILES string of the molecule is CC(NC1CC(O)C1)c1ccc(O)cc1. The molecule has 3 nitrogen and oxygen atoms in total. The summed E-state index contributed by atoms with van der Waals surface area (Å²) in [4.78, 5) is 0. The highest BCUT2D eigenvalue weighted by atomic mass is 16.3. The molecule has 0 saturated heterocycles. The number of hydrogen-bond donors (Lipinski definition) is 3. The van der Waals surface area contributed by atoms with E-state index in [2.05, 4.69) is 12.2 Å². The van der Waals surface area contributed by atoms with Gasteiger partial charge in [-0.2, -0.15) is 0 Å². The fourth-order valence-corrected chi connectivity index (χ4v) is 1.94. The summed E-state index contributed by atoms with van der Waals surface area (Å²) in [6.45, 7) is 2.09. The molecule has 1 aromatic carbocycles. The molecule has 0 amide bonds. The molecule has 1 aliphatic rings. The minimum Gasteiger partial charge on any atom is -0.508 e. The van der Waals surface area contributed by atoms with Gasteiger partial charge in [0.25, 0.3) is 0 Å². The number of rotatable bonds is 3. The first-order valence-electron chi connectivity index (χ1n) is 5.38. The van der Waals surface area contributed by atoms with Crippen LogP contribution in [0, 0.1) is 0 Å². The predicted molar refractivity (Wildman–Crippen MR) is 58.7 cm³/mol. The second-order valence-electron chi connectivity index (χ2n) is 4.30. The number of hydrogen-bond acceptors (Lipinski definition) is 3. The molecule has 0 spiro atoms. The second kappa shape index (κ2) is 4.21. The van der Waals surface area contributed by atoms with Crippen LogP contribution in [0.3, 0.4) is 0 Å². The topological polar surface area (TPSA) is 52.5 Å². The van der Waals surface area contributed by atoms with E-state index in [1.165, 1.54) is 0 Å². The van der Waals surface area contributed by atoms with E-state index in [4.69, 9.17) is 10.2 Å². The van der Waals surface area contributed by atoms with Crippen LogP contribution in [0.15, 0.2) is 24.3 Å². The van der Waals surface area contributed by atoms with Crippen molar-refractivity contribution in [3.63, 3.8) is 0 Å². The number of nitrogens with one attached hydrogen (secondary N) is 1. The lowest BCUT2D eigenvalue weighted by Gasteiger charge is -2.34. The zero-order chi connectivity index (χ0) is 10.8. The highest BCUT2D eigenvalue weighted by molar-refractivity contribution is 5.27. The highest BCUT2D eigenvalue weighted by Gasteiger charge is 2.27. The average molecular weight is 207 g/mol. The zero-order valence-electron chi connectivity index (χ0n) is 8.85. The van der Waals surface area contributed by atoms with Crippen LogP contribution in [0.2, 0.25) is 0 Å². The van der Waals surface area contributed by atoms with E-state index in [1.807, 2.05) is 12.1 Å². The fraction of sp³-hybridized carbons (Fsp3) is 0.500. The van der Waals surface area contributed by atoms with Crippen molar-refractivity contribution in [2.75, 3.05) is 0 Å². The van der Waals surface area contributed by atoms with Crippen molar-refractivity contribution in [1.29, 1.82) is 0 Å². The van der Waals surface area contributed by atoms with Gasteiger partial charge in [0.2, 0.25) is 0 Å². The molecule has 15 heavy (non-hydrogen) atoms. The lowest BCUT2D eigenvalue weighted by Crippen LogP contribution is -2.44. The summed E-state index contributed by atoms with van der Waals surface area (Å²) >= 11 is 0. The molecule has 1 atom stereocenters. The Balaban J connectivity index is 1.90. The molecule has 0 radical (unpaired) electrons. The maximum atomic E-state index is 9.17. The highest BCUT2D eigenvalue weighted by Crippen LogP contribution is 2.24. The molecule has 1 aliphatic carbocycles. The molecule has 2 rings (SSSR count). The third-order valence-electron chi connectivity index (χ3n) is 2.99. The summed E-state index contributed by atoms with van der Waals surface area (Å²) in [5.41, 5.74) is 1.16. The average Bonchev–Trinajstić information content (AvgIpc) is 2.16. The van der Waals surface area contributed by atoms with Gasteiger partial charge in [-0.3, -0.25) is 0 Å². The number of phenolic OH excluding ortho intramolecular Hbond substituents is 1. The first kappa shape index (κ1) is 10.5. The lowest BCUT2D eigenvalue weighted by molar-refractivity contribution is 0.0586. The van der Waals surface area contributed by atoms with Gasteiger partial charge in [0, 0.05) is 12.1 Å². The zero-order valence-corrected chi connectivity index (χ0v) is 8.85. The quantitative estimate of drug-likeness (QED) is 0.705. The van der Waals surface area contributed by atoms with Crippen molar-refractivity contribution in [1.82, 2.24) is 5.32 Å². The predicted octanol–water partition coefficient (Wildman–Crippen LogP) is 1.57. The largest absolute Gasteiger partial charge is 0.508 e. The number of benzene rings is 1. The summed E-state index contributed by atoms with van der Waals surface area (Å²) in [5.74, 6) is 0.296. The molecule has 0 bridgehead atoms. The van der Waals surface area contributed by atoms with Gasteiger partial charge < -0.3 is 15.5 Å². The minimum atomic E-state index is -0.116. The van der Waals surface area contributed by atoms with Crippen LogP contribution in [0.4, 0.5) is 0 Å². The first-order valence-corrected chi connectivity index (χ1v) is 5.38. The maximum absolute atomic E-state index is 9.17. The van der Waals surface area contributed by atoms with E-state index < -0.39 is 0 Å². The minimum absolute atomic E-state index is 0.116. The molecule has 0 heterocycles. The Morgan fingerprint density at radius 3 is 2.40 bits per heavy atom. The summed E-state index contributed by atoms with van der Waals surface area (Å²) in [5, 5.41) is 21.8. The van der Waals surface area contributed by atoms with Crippen LogP contribution in [0.25, 0.3) is 0 Å². The Kier molecular flexibility index (Phi) is 2.93. The van der Waals surface area contributed by atoms with Crippen LogP contribution in [-0.4, -0.2) is 22.4 Å². The summed E-state index contributed by atoms with van der Waals surface area (Å²) in [6, 6.07) is 7.93. The number of aliphatic hydroxyl groups is 1. The van der Waals surface area contributed by atoms with Gasteiger partial charge >= 0.3 is 0 Å². The third-order valence-corrected chi connectivity index (χ3v) is 2.99. The van der Waals surface area contributed by atoms with Gasteiger partial charge in [0.05, 0.1) is 6.10 Å². The smallest absolute Gasteiger partial charge is 0.115 e. The van der Waals surface area contributed by atoms with Gasteiger partial charge in [-0.25, -0.2) is 0 Å². The number of aromatic hydroxyl groups is 1. The van der Waals surface area contributed by atoms with Crippen LogP contribution < -0.4 is 5.32 Å². The summed E-state index contributed by atoms with van der Waals surface area (Å²) in [7, 11) is 0. The van der Waals surface area contributed by atoms with Gasteiger partial charge in [0.1, 0.15) is 5.75 Å². The third kappa shape index (κ3) is 2.49. The van der Waals surface area contributed by atoms with E-state index in [0.717, 1.165) is 18.4 Å². The first-order chi connectivity index (χ1) is 7.15. The van der Waals surface area contributed by atoms with Crippen molar-refractivity contribution in [3.8, 4) is 5.75 Å². The van der Waals surface area contributed by atoms with E-state index in [-0.39, 0.29) is 12.1 Å². The molecule has 1 aromatic rings. The molecule has 1 saturated carbocycles. The Morgan fingerprint density at radius 2 is 1.87 bits per heavy atom. The molecule has 0 aromatic heterocycles. The molecule has 3 N–H and O–H groups in total. The van der Waals surface area contributed by atoms with Gasteiger partial charge in [-0.05, 0) is 37.5 Å². The van der Waals surface area contributed by atoms with Crippen molar-refractivity contribution in [2.24, 2.45) is 0 Å². The van der Waals surface area contributed by atoms with Crippen molar-refractivity contribution < 1.29 is 10.2 Å². The normalized spacial score (nSPS) is 27.1. The van der Waals surface area contributed by atoms with Crippen LogP contribution >= 0.6 is 0 Å². The van der Waals surface area contributed by atoms with Crippen LogP contribution in [0.1, 0.15) is 31.4 Å². The fourth-order valence-electron chi connectivity index (χ4n) is 1.94. The number of phenols is 1. The summed E-state index contributed by atoms with van der Waals surface area (Å²) < 4.78 is 0. The van der Waals surface area contributed by atoms with Crippen molar-refractivity contribution in [3.05, 3.63) is 29.8 Å². The lowest BCUT2D eigenvalue weighted by atomic mass is 9.88. The number of aliphatic hydroxyl groups excluding tert-OH is 1. The Morgan fingerprint density at radius 1 is 1.27 bits per heavy atom.